The number of halogens is 1. The third-order valence-electron chi connectivity index (χ3n) is 3.83. The smallest absolute Gasteiger partial charge is 0.0471 e. The van der Waals surface area contributed by atoms with Crippen LogP contribution in [0.4, 0.5) is 5.69 Å². The number of hydrogen-bond donors (Lipinski definition) is 1. The average molecular weight is 267 g/mol. The minimum absolute atomic E-state index is 0.846. The van der Waals surface area contributed by atoms with E-state index in [9.17, 15) is 0 Å². The SMILES string of the molecule is CCNCc1ccc(N(C)CC2CC2C)cc1Cl. The van der Waals surface area contributed by atoms with Gasteiger partial charge < -0.3 is 10.2 Å². The normalized spacial score (nSPS) is 22.0. The summed E-state index contributed by atoms with van der Waals surface area (Å²) in [5.41, 5.74) is 2.40. The molecule has 0 aromatic heterocycles. The molecule has 1 aliphatic carbocycles. The molecule has 100 valence electrons. The lowest BCUT2D eigenvalue weighted by Gasteiger charge is -2.20. The van der Waals surface area contributed by atoms with Gasteiger partial charge in [0.15, 0.2) is 0 Å². The summed E-state index contributed by atoms with van der Waals surface area (Å²) in [5.74, 6) is 1.77. The van der Waals surface area contributed by atoms with E-state index in [1.54, 1.807) is 0 Å². The molecule has 0 bridgehead atoms. The second kappa shape index (κ2) is 5.94. The Bertz CT molecular complexity index is 405. The van der Waals surface area contributed by atoms with Crippen LogP contribution in [0.5, 0.6) is 0 Å². The number of hydrogen-bond acceptors (Lipinski definition) is 2. The first-order chi connectivity index (χ1) is 8.61. The van der Waals surface area contributed by atoms with Crippen LogP contribution in [0.3, 0.4) is 0 Å². The first-order valence-electron chi connectivity index (χ1n) is 6.82. The van der Waals surface area contributed by atoms with Gasteiger partial charge in [-0.05, 0) is 42.5 Å². The molecule has 1 aromatic rings. The minimum atomic E-state index is 0.846. The summed E-state index contributed by atoms with van der Waals surface area (Å²) in [6, 6.07) is 6.39. The van der Waals surface area contributed by atoms with Crippen molar-refractivity contribution in [2.45, 2.75) is 26.8 Å². The summed E-state index contributed by atoms with van der Waals surface area (Å²) in [7, 11) is 2.15. The van der Waals surface area contributed by atoms with Crippen molar-refractivity contribution in [3.8, 4) is 0 Å². The highest BCUT2D eigenvalue weighted by atomic mass is 35.5. The molecule has 2 nitrogen and oxygen atoms in total. The molecule has 1 N–H and O–H groups in total. The van der Waals surface area contributed by atoms with E-state index in [1.165, 1.54) is 17.7 Å². The van der Waals surface area contributed by atoms with Crippen LogP contribution in [-0.2, 0) is 6.54 Å². The summed E-state index contributed by atoms with van der Waals surface area (Å²) < 4.78 is 0. The molecular formula is C15H23ClN2. The fourth-order valence-corrected chi connectivity index (χ4v) is 2.53. The summed E-state index contributed by atoms with van der Waals surface area (Å²) in [5, 5.41) is 4.17. The summed E-state index contributed by atoms with van der Waals surface area (Å²) in [4.78, 5) is 2.32. The van der Waals surface area contributed by atoms with Crippen molar-refractivity contribution in [1.29, 1.82) is 0 Å². The highest BCUT2D eigenvalue weighted by Gasteiger charge is 2.33. The van der Waals surface area contributed by atoms with Crippen LogP contribution in [0.2, 0.25) is 5.02 Å². The Kier molecular flexibility index (Phi) is 4.52. The number of rotatable bonds is 6. The van der Waals surface area contributed by atoms with E-state index in [4.69, 9.17) is 11.6 Å². The van der Waals surface area contributed by atoms with Gasteiger partial charge in [0.2, 0.25) is 0 Å². The first-order valence-corrected chi connectivity index (χ1v) is 7.20. The Hall–Kier alpha value is -0.730. The lowest BCUT2D eigenvalue weighted by molar-refractivity contribution is 0.721. The van der Waals surface area contributed by atoms with E-state index in [1.807, 2.05) is 0 Å². The largest absolute Gasteiger partial charge is 0.374 e. The van der Waals surface area contributed by atoms with Gasteiger partial charge >= 0.3 is 0 Å². The molecule has 0 spiro atoms. The zero-order chi connectivity index (χ0) is 13.1. The zero-order valence-electron chi connectivity index (χ0n) is 11.5. The molecule has 0 amide bonds. The molecule has 0 aliphatic heterocycles. The van der Waals surface area contributed by atoms with Gasteiger partial charge in [0.1, 0.15) is 0 Å². The van der Waals surface area contributed by atoms with Gasteiger partial charge in [0, 0.05) is 30.8 Å². The van der Waals surface area contributed by atoms with Crippen LogP contribution in [0.15, 0.2) is 18.2 Å². The van der Waals surface area contributed by atoms with E-state index >= 15 is 0 Å². The lowest BCUT2D eigenvalue weighted by atomic mass is 10.2. The van der Waals surface area contributed by atoms with E-state index in [-0.39, 0.29) is 0 Å². The Morgan fingerprint density at radius 1 is 1.44 bits per heavy atom. The number of nitrogens with zero attached hydrogens (tertiary/aromatic N) is 1. The topological polar surface area (TPSA) is 15.3 Å². The lowest BCUT2D eigenvalue weighted by Crippen LogP contribution is -2.20. The van der Waals surface area contributed by atoms with Gasteiger partial charge in [-0.2, -0.15) is 0 Å². The van der Waals surface area contributed by atoms with Crippen molar-refractivity contribution in [1.82, 2.24) is 5.32 Å². The van der Waals surface area contributed by atoms with Gasteiger partial charge in [0.05, 0.1) is 0 Å². The Balaban J connectivity index is 1.98. The van der Waals surface area contributed by atoms with E-state index in [0.29, 0.717) is 0 Å². The number of anilines is 1. The Labute approximate surface area is 115 Å². The molecule has 2 unspecified atom stereocenters. The fourth-order valence-electron chi connectivity index (χ4n) is 2.29. The van der Waals surface area contributed by atoms with Crippen LogP contribution in [-0.4, -0.2) is 20.1 Å². The van der Waals surface area contributed by atoms with Crippen molar-refractivity contribution in [2.24, 2.45) is 11.8 Å². The molecule has 0 radical (unpaired) electrons. The van der Waals surface area contributed by atoms with Crippen molar-refractivity contribution in [3.05, 3.63) is 28.8 Å². The minimum Gasteiger partial charge on any atom is -0.374 e. The Morgan fingerprint density at radius 3 is 2.72 bits per heavy atom. The van der Waals surface area contributed by atoms with Gasteiger partial charge in [0.25, 0.3) is 0 Å². The molecular weight excluding hydrogens is 244 g/mol. The molecule has 18 heavy (non-hydrogen) atoms. The van der Waals surface area contributed by atoms with E-state index < -0.39 is 0 Å². The highest BCUT2D eigenvalue weighted by molar-refractivity contribution is 6.31. The maximum Gasteiger partial charge on any atom is 0.0471 e. The predicted octanol–water partition coefficient (Wildman–Crippen LogP) is 3.54. The molecule has 0 heterocycles. The molecule has 1 aromatic carbocycles. The van der Waals surface area contributed by atoms with Crippen molar-refractivity contribution >= 4 is 17.3 Å². The van der Waals surface area contributed by atoms with Gasteiger partial charge in [-0.3, -0.25) is 0 Å². The van der Waals surface area contributed by atoms with Crippen LogP contribution < -0.4 is 10.2 Å². The molecule has 0 saturated heterocycles. The van der Waals surface area contributed by atoms with Crippen LogP contribution in [0.1, 0.15) is 25.8 Å². The third-order valence-corrected chi connectivity index (χ3v) is 4.18. The number of benzene rings is 1. The van der Waals surface area contributed by atoms with Gasteiger partial charge in [-0.15, -0.1) is 0 Å². The summed E-state index contributed by atoms with van der Waals surface area (Å²) >= 11 is 6.32. The summed E-state index contributed by atoms with van der Waals surface area (Å²) in [6.45, 7) is 7.39. The molecule has 2 atom stereocenters. The molecule has 1 fully saturated rings. The van der Waals surface area contributed by atoms with Crippen LogP contribution >= 0.6 is 11.6 Å². The monoisotopic (exact) mass is 266 g/mol. The van der Waals surface area contributed by atoms with Crippen molar-refractivity contribution in [3.63, 3.8) is 0 Å². The van der Waals surface area contributed by atoms with Crippen molar-refractivity contribution < 1.29 is 0 Å². The van der Waals surface area contributed by atoms with E-state index in [2.05, 4.69) is 49.3 Å². The summed E-state index contributed by atoms with van der Waals surface area (Å²) in [6.07, 6.45) is 1.37. The first kappa shape index (κ1) is 13.7. The van der Waals surface area contributed by atoms with Gasteiger partial charge in [-0.25, -0.2) is 0 Å². The predicted molar refractivity (Wildman–Crippen MR) is 79.4 cm³/mol. The third kappa shape index (κ3) is 3.39. The van der Waals surface area contributed by atoms with Crippen LogP contribution in [0, 0.1) is 11.8 Å². The second-order valence-corrected chi connectivity index (χ2v) is 5.82. The standard InChI is InChI=1S/C15H23ClN2/c1-4-17-9-12-5-6-14(8-15(12)16)18(3)10-13-7-11(13)2/h5-6,8,11,13,17H,4,7,9-10H2,1-3H3. The molecule has 2 rings (SSSR count). The van der Waals surface area contributed by atoms with Gasteiger partial charge in [-0.1, -0.05) is 31.5 Å². The molecule has 3 heteroatoms. The maximum absolute atomic E-state index is 6.32. The van der Waals surface area contributed by atoms with Crippen LogP contribution in [0.25, 0.3) is 0 Å². The quantitative estimate of drug-likeness (QED) is 0.847. The highest BCUT2D eigenvalue weighted by Crippen LogP contribution is 2.38. The Morgan fingerprint density at radius 2 is 2.17 bits per heavy atom. The number of nitrogens with one attached hydrogen (secondary N) is 1. The average Bonchev–Trinajstić information content (AvgIpc) is 3.03. The maximum atomic E-state index is 6.32. The van der Waals surface area contributed by atoms with E-state index in [0.717, 1.165) is 36.5 Å². The van der Waals surface area contributed by atoms with Crippen molar-refractivity contribution in [2.75, 3.05) is 25.0 Å². The zero-order valence-corrected chi connectivity index (χ0v) is 12.3. The molecule has 1 saturated carbocycles. The molecule has 1 aliphatic rings. The second-order valence-electron chi connectivity index (χ2n) is 5.41. The fraction of sp³-hybridized carbons (Fsp3) is 0.600.